The summed E-state index contributed by atoms with van der Waals surface area (Å²) < 4.78 is 18.5. The van der Waals surface area contributed by atoms with Crippen LogP contribution in [0, 0.1) is 18.3 Å². The summed E-state index contributed by atoms with van der Waals surface area (Å²) in [6.45, 7) is 6.07. The molecule has 0 spiro atoms. The molecule has 0 radical (unpaired) electrons. The number of nitrogens with two attached hydrogens (primary N) is 2. The lowest BCUT2D eigenvalue weighted by Gasteiger charge is -2.38. The molecule has 8 nitrogen and oxygen atoms in total. The molecule has 272 valence electrons. The van der Waals surface area contributed by atoms with Crippen molar-refractivity contribution in [1.82, 2.24) is 9.80 Å². The SMILES string of the molecule is COc1cc(C#N)ccc1O[C@@H]1c2ccccc2C[C@H]1N1CCC[C@@H](N)C1.Cc1cc(Cl)ccc1O[C@@H]1c2ccccc2C[C@H]1N1CCC[C@@H](N)C1. The topological polar surface area (TPSA) is 110 Å². The zero-order chi connectivity index (χ0) is 36.2. The van der Waals surface area contributed by atoms with E-state index < -0.39 is 0 Å². The first-order valence-corrected chi connectivity index (χ1v) is 19.0. The average molecular weight is 720 g/mol. The number of methoxy groups -OCH3 is 1. The fourth-order valence-electron chi connectivity index (χ4n) is 8.54. The molecule has 4 aromatic carbocycles. The standard InChI is InChI=1S/C22H25N3O2.C21H25ClN2O/c1-26-21-11-15(13-23)8-9-20(21)27-22-18-7-3-2-5-16(18)12-19(22)25-10-4-6-17(24)14-25;1-14-11-16(22)8-9-20(14)25-21-18-7-3-2-5-15(18)12-19(21)24-10-4-6-17(23)13-24/h2-3,5,7-9,11,17,19,22H,4,6,10,12,14,24H2,1H3;2-3,5,7-9,11,17,19,21H,4,6,10,12-13,23H2,1H3/t17-,19-,22-;17-,19-,21-/m11/s1. The van der Waals surface area contributed by atoms with Gasteiger partial charge in [-0.25, -0.2) is 0 Å². The van der Waals surface area contributed by atoms with Gasteiger partial charge in [0.05, 0.1) is 30.8 Å². The van der Waals surface area contributed by atoms with Crippen molar-refractivity contribution in [3.05, 3.63) is 123 Å². The molecule has 4 N–H and O–H groups in total. The number of nitriles is 1. The molecule has 2 saturated heterocycles. The van der Waals surface area contributed by atoms with E-state index in [0.717, 1.165) is 74.6 Å². The highest BCUT2D eigenvalue weighted by atomic mass is 35.5. The van der Waals surface area contributed by atoms with E-state index in [1.165, 1.54) is 28.7 Å². The van der Waals surface area contributed by atoms with Crippen LogP contribution in [0.2, 0.25) is 5.02 Å². The minimum atomic E-state index is -0.0756. The third kappa shape index (κ3) is 7.95. The minimum absolute atomic E-state index is 0.0429. The normalized spacial score (nSPS) is 25.6. The molecule has 0 amide bonds. The van der Waals surface area contributed by atoms with Crippen molar-refractivity contribution >= 4 is 11.6 Å². The van der Waals surface area contributed by atoms with Crippen LogP contribution in [0.15, 0.2) is 84.9 Å². The number of nitrogens with zero attached hydrogens (tertiary/aromatic N) is 3. The van der Waals surface area contributed by atoms with E-state index >= 15 is 0 Å². The highest BCUT2D eigenvalue weighted by molar-refractivity contribution is 6.30. The second-order valence-electron chi connectivity index (χ2n) is 14.7. The Morgan fingerprint density at radius 2 is 1.25 bits per heavy atom. The van der Waals surface area contributed by atoms with Crippen LogP contribution in [0.25, 0.3) is 0 Å². The number of fused-ring (bicyclic) bond motifs is 2. The van der Waals surface area contributed by atoms with Crippen LogP contribution in [0.5, 0.6) is 17.2 Å². The Morgan fingerprint density at radius 3 is 1.77 bits per heavy atom. The Balaban J connectivity index is 0.000000162. The van der Waals surface area contributed by atoms with E-state index in [0.29, 0.717) is 23.1 Å². The molecule has 2 aliphatic heterocycles. The van der Waals surface area contributed by atoms with Gasteiger partial charge in [0.1, 0.15) is 18.0 Å². The maximum Gasteiger partial charge on any atom is 0.162 e. The Bertz CT molecular complexity index is 1900. The van der Waals surface area contributed by atoms with Crippen molar-refractivity contribution in [2.75, 3.05) is 33.3 Å². The molecule has 2 heterocycles. The van der Waals surface area contributed by atoms with Gasteiger partial charge in [-0.1, -0.05) is 60.1 Å². The number of likely N-dealkylation sites (tertiary alicyclic amines) is 2. The van der Waals surface area contributed by atoms with Crippen LogP contribution in [-0.4, -0.2) is 67.3 Å². The fourth-order valence-corrected chi connectivity index (χ4v) is 8.76. The maximum atomic E-state index is 9.14. The predicted molar refractivity (Wildman–Crippen MR) is 206 cm³/mol. The first-order valence-electron chi connectivity index (χ1n) is 18.6. The van der Waals surface area contributed by atoms with E-state index in [1.807, 2.05) is 31.2 Å². The van der Waals surface area contributed by atoms with E-state index in [1.54, 1.807) is 19.2 Å². The van der Waals surface area contributed by atoms with Gasteiger partial charge < -0.3 is 25.7 Å². The number of hydrogen-bond acceptors (Lipinski definition) is 8. The van der Waals surface area contributed by atoms with Gasteiger partial charge in [-0.05, 0) is 117 Å². The molecule has 2 aliphatic carbocycles. The molecule has 2 fully saturated rings. The maximum absolute atomic E-state index is 9.14. The van der Waals surface area contributed by atoms with Crippen LogP contribution in [0.3, 0.4) is 0 Å². The first-order chi connectivity index (χ1) is 25.3. The van der Waals surface area contributed by atoms with Crippen LogP contribution in [0.4, 0.5) is 0 Å². The lowest BCUT2D eigenvalue weighted by Crippen LogP contribution is -2.49. The molecule has 6 atom stereocenters. The lowest BCUT2D eigenvalue weighted by molar-refractivity contribution is 0.0577. The quantitative estimate of drug-likeness (QED) is 0.207. The number of hydrogen-bond donors (Lipinski definition) is 2. The molecular formula is C43H50ClN5O3. The largest absolute Gasteiger partial charge is 0.493 e. The molecule has 0 aromatic heterocycles. The second-order valence-corrected chi connectivity index (χ2v) is 15.1. The van der Waals surface area contributed by atoms with Gasteiger partial charge in [-0.3, -0.25) is 9.80 Å². The van der Waals surface area contributed by atoms with E-state index in [9.17, 15) is 0 Å². The smallest absolute Gasteiger partial charge is 0.162 e. The summed E-state index contributed by atoms with van der Waals surface area (Å²) in [5.74, 6) is 2.18. The van der Waals surface area contributed by atoms with Crippen LogP contribution >= 0.6 is 11.6 Å². The molecular weight excluding hydrogens is 670 g/mol. The van der Waals surface area contributed by atoms with Gasteiger partial charge in [-0.2, -0.15) is 5.26 Å². The van der Waals surface area contributed by atoms with Gasteiger partial charge in [0.15, 0.2) is 11.5 Å². The monoisotopic (exact) mass is 719 g/mol. The second kappa shape index (κ2) is 16.3. The van der Waals surface area contributed by atoms with Gasteiger partial charge in [0.25, 0.3) is 0 Å². The molecule has 0 bridgehead atoms. The number of ether oxygens (including phenoxy) is 3. The number of rotatable bonds is 7. The third-order valence-electron chi connectivity index (χ3n) is 11.1. The Kier molecular flexibility index (Phi) is 11.4. The molecule has 8 rings (SSSR count). The number of halogens is 1. The van der Waals surface area contributed by atoms with Crippen molar-refractivity contribution in [3.63, 3.8) is 0 Å². The highest BCUT2D eigenvalue weighted by Gasteiger charge is 2.41. The zero-order valence-electron chi connectivity index (χ0n) is 30.2. The van der Waals surface area contributed by atoms with Crippen molar-refractivity contribution in [2.24, 2.45) is 11.5 Å². The molecule has 52 heavy (non-hydrogen) atoms. The van der Waals surface area contributed by atoms with Gasteiger partial charge in [-0.15, -0.1) is 0 Å². The number of benzene rings is 4. The molecule has 4 aliphatic rings. The Labute approximate surface area is 313 Å². The Hall–Kier alpha value is -4.10. The highest BCUT2D eigenvalue weighted by Crippen LogP contribution is 2.42. The fraction of sp³-hybridized carbons (Fsp3) is 0.419. The van der Waals surface area contributed by atoms with Gasteiger partial charge in [0.2, 0.25) is 0 Å². The summed E-state index contributed by atoms with van der Waals surface area (Å²) >= 11 is 6.10. The number of aryl methyl sites for hydroxylation is 1. The van der Waals surface area contributed by atoms with E-state index in [-0.39, 0.29) is 30.3 Å². The molecule has 0 unspecified atom stereocenters. The summed E-state index contributed by atoms with van der Waals surface area (Å²) in [5.41, 5.74) is 19.4. The van der Waals surface area contributed by atoms with Crippen LogP contribution in [0.1, 0.15) is 71.3 Å². The van der Waals surface area contributed by atoms with E-state index in [2.05, 4.69) is 64.4 Å². The first kappa shape index (κ1) is 36.3. The summed E-state index contributed by atoms with van der Waals surface area (Å²) in [5, 5.41) is 9.88. The predicted octanol–water partition coefficient (Wildman–Crippen LogP) is 7.15. The average Bonchev–Trinajstić information content (AvgIpc) is 3.71. The van der Waals surface area contributed by atoms with Crippen molar-refractivity contribution < 1.29 is 14.2 Å². The van der Waals surface area contributed by atoms with Crippen LogP contribution in [-0.2, 0) is 12.8 Å². The van der Waals surface area contributed by atoms with Gasteiger partial charge >= 0.3 is 0 Å². The molecule has 4 aromatic rings. The molecule has 0 saturated carbocycles. The Morgan fingerprint density at radius 1 is 0.712 bits per heavy atom. The van der Waals surface area contributed by atoms with Gasteiger partial charge in [0, 0.05) is 36.3 Å². The van der Waals surface area contributed by atoms with Crippen LogP contribution < -0.4 is 25.7 Å². The van der Waals surface area contributed by atoms with Crippen molar-refractivity contribution in [1.29, 1.82) is 5.26 Å². The van der Waals surface area contributed by atoms with E-state index in [4.69, 9.17) is 42.5 Å². The van der Waals surface area contributed by atoms with Crippen molar-refractivity contribution in [3.8, 4) is 23.3 Å². The summed E-state index contributed by atoms with van der Waals surface area (Å²) in [4.78, 5) is 5.01. The summed E-state index contributed by atoms with van der Waals surface area (Å²) in [6.07, 6.45) is 6.46. The summed E-state index contributed by atoms with van der Waals surface area (Å²) in [7, 11) is 1.60. The zero-order valence-corrected chi connectivity index (χ0v) is 31.0. The lowest BCUT2D eigenvalue weighted by atomic mass is 10.0. The minimum Gasteiger partial charge on any atom is -0.493 e. The summed E-state index contributed by atoms with van der Waals surface area (Å²) in [6, 6.07) is 31.6. The molecule has 9 heteroatoms. The number of piperidine rings is 2. The third-order valence-corrected chi connectivity index (χ3v) is 11.4. The van der Waals surface area contributed by atoms with Crippen molar-refractivity contribution in [2.45, 2.75) is 81.8 Å².